The van der Waals surface area contributed by atoms with Gasteiger partial charge in [-0.2, -0.15) is 4.98 Å². The van der Waals surface area contributed by atoms with Crippen molar-refractivity contribution < 1.29 is 0 Å². The van der Waals surface area contributed by atoms with Gasteiger partial charge in [-0.05, 0) is 30.9 Å². The molecule has 1 aliphatic carbocycles. The summed E-state index contributed by atoms with van der Waals surface area (Å²) in [7, 11) is 0. The zero-order chi connectivity index (χ0) is 13.2. The molecule has 98 valence electrons. The summed E-state index contributed by atoms with van der Waals surface area (Å²) in [5.41, 5.74) is 6.22. The van der Waals surface area contributed by atoms with Crippen molar-refractivity contribution >= 4 is 11.8 Å². The van der Waals surface area contributed by atoms with Crippen molar-refractivity contribution in [3.05, 3.63) is 47.2 Å². The number of nitrogens with zero attached hydrogens (tertiary/aromatic N) is 2. The molecule has 1 aliphatic rings. The van der Waals surface area contributed by atoms with Gasteiger partial charge < -0.3 is 5.32 Å². The van der Waals surface area contributed by atoms with E-state index >= 15 is 0 Å². The molecule has 1 aromatic carbocycles. The highest BCUT2D eigenvalue weighted by atomic mass is 15.3. The van der Waals surface area contributed by atoms with E-state index in [2.05, 4.69) is 45.0 Å². The zero-order valence-corrected chi connectivity index (χ0v) is 10.9. The van der Waals surface area contributed by atoms with E-state index in [9.17, 15) is 0 Å². The Balaban J connectivity index is 1.75. The van der Waals surface area contributed by atoms with Gasteiger partial charge in [-0.15, -0.1) is 0 Å². The van der Waals surface area contributed by atoms with E-state index in [1.807, 2.05) is 13.0 Å². The summed E-state index contributed by atoms with van der Waals surface area (Å²) in [6, 6.07) is 10.9. The second kappa shape index (κ2) is 4.85. The van der Waals surface area contributed by atoms with Crippen LogP contribution in [-0.2, 0) is 12.8 Å². The molecule has 0 aliphatic heterocycles. The van der Waals surface area contributed by atoms with Crippen LogP contribution in [0, 0.1) is 6.92 Å². The molecule has 19 heavy (non-hydrogen) atoms. The quantitative estimate of drug-likeness (QED) is 0.574. The van der Waals surface area contributed by atoms with Gasteiger partial charge in [0.05, 0.1) is 0 Å². The fourth-order valence-corrected chi connectivity index (χ4v) is 2.58. The lowest BCUT2D eigenvalue weighted by molar-refractivity contribution is 0.767. The number of anilines is 2. The molecule has 5 nitrogen and oxygen atoms in total. The van der Waals surface area contributed by atoms with Crippen LogP contribution >= 0.6 is 0 Å². The standard InChI is InChI=1S/C14H17N5/c1-9-6-13(18-14(16-9)19-15)17-12-7-10-4-2-3-5-11(10)8-12/h2-6,12H,7-8,15H2,1H3,(H2,16,17,18,19). The van der Waals surface area contributed by atoms with E-state index in [1.54, 1.807) is 0 Å². The number of hydrogen-bond donors (Lipinski definition) is 3. The maximum Gasteiger partial charge on any atom is 0.239 e. The molecule has 5 heteroatoms. The van der Waals surface area contributed by atoms with Gasteiger partial charge in [0.1, 0.15) is 5.82 Å². The molecular weight excluding hydrogens is 238 g/mol. The number of nitrogens with two attached hydrogens (primary N) is 1. The van der Waals surface area contributed by atoms with Crippen LogP contribution in [0.25, 0.3) is 0 Å². The fourth-order valence-electron chi connectivity index (χ4n) is 2.58. The Bertz CT molecular complexity index is 571. The molecule has 0 unspecified atom stereocenters. The minimum Gasteiger partial charge on any atom is -0.366 e. The molecule has 3 rings (SSSR count). The third kappa shape index (κ3) is 2.51. The molecule has 0 bridgehead atoms. The highest BCUT2D eigenvalue weighted by molar-refractivity contribution is 5.45. The summed E-state index contributed by atoms with van der Waals surface area (Å²) >= 11 is 0. The van der Waals surface area contributed by atoms with E-state index < -0.39 is 0 Å². The number of benzene rings is 1. The van der Waals surface area contributed by atoms with Crippen LogP contribution in [0.2, 0.25) is 0 Å². The maximum atomic E-state index is 5.36. The molecule has 0 radical (unpaired) electrons. The Hall–Kier alpha value is -2.14. The lowest BCUT2D eigenvalue weighted by Crippen LogP contribution is -2.21. The van der Waals surface area contributed by atoms with Crippen molar-refractivity contribution in [2.75, 3.05) is 10.7 Å². The molecule has 2 aromatic rings. The molecule has 0 saturated heterocycles. The van der Waals surface area contributed by atoms with Crippen LogP contribution in [0.1, 0.15) is 16.8 Å². The molecule has 0 fully saturated rings. The van der Waals surface area contributed by atoms with Gasteiger partial charge in [0.2, 0.25) is 5.95 Å². The van der Waals surface area contributed by atoms with Crippen molar-refractivity contribution in [2.24, 2.45) is 5.84 Å². The van der Waals surface area contributed by atoms with Gasteiger partial charge >= 0.3 is 0 Å². The monoisotopic (exact) mass is 255 g/mol. The Morgan fingerprint density at radius 2 is 1.84 bits per heavy atom. The summed E-state index contributed by atoms with van der Waals surface area (Å²) in [4.78, 5) is 8.50. The van der Waals surface area contributed by atoms with Crippen LogP contribution in [0.15, 0.2) is 30.3 Å². The van der Waals surface area contributed by atoms with Crippen LogP contribution in [0.5, 0.6) is 0 Å². The largest absolute Gasteiger partial charge is 0.366 e. The third-order valence-electron chi connectivity index (χ3n) is 3.39. The number of fused-ring (bicyclic) bond motifs is 1. The van der Waals surface area contributed by atoms with Crippen LogP contribution in [-0.4, -0.2) is 16.0 Å². The van der Waals surface area contributed by atoms with E-state index in [0.717, 1.165) is 24.4 Å². The summed E-state index contributed by atoms with van der Waals surface area (Å²) in [6.45, 7) is 1.93. The summed E-state index contributed by atoms with van der Waals surface area (Å²) < 4.78 is 0. The van der Waals surface area contributed by atoms with E-state index in [1.165, 1.54) is 11.1 Å². The summed E-state index contributed by atoms with van der Waals surface area (Å²) in [6.07, 6.45) is 2.06. The first-order valence-electron chi connectivity index (χ1n) is 6.40. The maximum absolute atomic E-state index is 5.36. The van der Waals surface area contributed by atoms with Crippen LogP contribution < -0.4 is 16.6 Å². The highest BCUT2D eigenvalue weighted by Gasteiger charge is 2.21. The smallest absolute Gasteiger partial charge is 0.239 e. The summed E-state index contributed by atoms with van der Waals surface area (Å²) in [5, 5.41) is 3.46. The minimum atomic E-state index is 0.386. The average Bonchev–Trinajstić information content (AvgIpc) is 2.80. The van der Waals surface area contributed by atoms with Crippen LogP contribution in [0.3, 0.4) is 0 Å². The van der Waals surface area contributed by atoms with E-state index in [-0.39, 0.29) is 0 Å². The van der Waals surface area contributed by atoms with Gasteiger partial charge in [0.25, 0.3) is 0 Å². The highest BCUT2D eigenvalue weighted by Crippen LogP contribution is 2.24. The first-order valence-corrected chi connectivity index (χ1v) is 6.40. The first kappa shape index (κ1) is 11.9. The lowest BCUT2D eigenvalue weighted by atomic mass is 10.1. The first-order chi connectivity index (χ1) is 9.24. The molecule has 0 atom stereocenters. The molecular formula is C14H17N5. The van der Waals surface area contributed by atoms with Gasteiger partial charge in [-0.1, -0.05) is 24.3 Å². The van der Waals surface area contributed by atoms with Gasteiger partial charge in [0.15, 0.2) is 0 Å². The van der Waals surface area contributed by atoms with E-state index in [0.29, 0.717) is 12.0 Å². The number of nitrogens with one attached hydrogen (secondary N) is 2. The predicted molar refractivity (Wildman–Crippen MR) is 75.8 cm³/mol. The SMILES string of the molecule is Cc1cc(NC2Cc3ccccc3C2)nc(NN)n1. The summed E-state index contributed by atoms with van der Waals surface area (Å²) in [5.74, 6) is 6.62. The number of nitrogen functional groups attached to an aromatic ring is 1. The number of aromatic nitrogens is 2. The molecule has 4 N–H and O–H groups in total. The number of aryl methyl sites for hydroxylation is 1. The molecule has 0 spiro atoms. The van der Waals surface area contributed by atoms with Gasteiger partial charge in [-0.25, -0.2) is 10.8 Å². The normalized spacial score (nSPS) is 14.2. The molecule has 0 saturated carbocycles. The van der Waals surface area contributed by atoms with Crippen molar-refractivity contribution in [3.63, 3.8) is 0 Å². The Labute approximate surface area is 112 Å². The Kier molecular flexibility index (Phi) is 3.05. The van der Waals surface area contributed by atoms with Crippen molar-refractivity contribution in [1.29, 1.82) is 0 Å². The number of hydrazine groups is 1. The third-order valence-corrected chi connectivity index (χ3v) is 3.39. The Morgan fingerprint density at radius 3 is 2.47 bits per heavy atom. The zero-order valence-electron chi connectivity index (χ0n) is 10.9. The van der Waals surface area contributed by atoms with E-state index in [4.69, 9.17) is 5.84 Å². The minimum absolute atomic E-state index is 0.386. The number of hydrogen-bond acceptors (Lipinski definition) is 5. The van der Waals surface area contributed by atoms with Crippen molar-refractivity contribution in [3.8, 4) is 0 Å². The Morgan fingerprint density at radius 1 is 1.16 bits per heavy atom. The molecule has 1 aromatic heterocycles. The lowest BCUT2D eigenvalue weighted by Gasteiger charge is -2.13. The predicted octanol–water partition coefficient (Wildman–Crippen LogP) is 1.65. The average molecular weight is 255 g/mol. The fraction of sp³-hybridized carbons (Fsp3) is 0.286. The van der Waals surface area contributed by atoms with Crippen LogP contribution in [0.4, 0.5) is 11.8 Å². The van der Waals surface area contributed by atoms with Crippen molar-refractivity contribution in [1.82, 2.24) is 9.97 Å². The molecule has 0 amide bonds. The van der Waals surface area contributed by atoms with Gasteiger partial charge in [0, 0.05) is 17.8 Å². The topological polar surface area (TPSA) is 75.9 Å². The number of rotatable bonds is 3. The molecule has 1 heterocycles. The second-order valence-electron chi connectivity index (χ2n) is 4.88. The second-order valence-corrected chi connectivity index (χ2v) is 4.88. The van der Waals surface area contributed by atoms with Gasteiger partial charge in [-0.3, -0.25) is 5.43 Å². The van der Waals surface area contributed by atoms with Crippen molar-refractivity contribution in [2.45, 2.75) is 25.8 Å².